The van der Waals surface area contributed by atoms with Gasteiger partial charge in [-0.05, 0) is 42.3 Å². The number of halogens is 2. The molecule has 0 aliphatic carbocycles. The normalized spacial score (nSPS) is 10.4. The minimum atomic E-state index is -0.695. The zero-order chi connectivity index (χ0) is 13.3. The number of rotatable bonds is 2. The smallest absolute Gasteiger partial charge is 0.165 e. The first-order valence-electron chi connectivity index (χ1n) is 5.28. The molecule has 2 rings (SSSR count). The number of carbonyl (C=O) groups excluding carboxylic acids is 1. The van der Waals surface area contributed by atoms with Crippen molar-refractivity contribution < 1.29 is 14.3 Å². The Hall–Kier alpha value is -1.87. The van der Waals surface area contributed by atoms with Crippen LogP contribution < -0.4 is 0 Å². The third-order valence-electron chi connectivity index (χ3n) is 2.63. The van der Waals surface area contributed by atoms with Crippen LogP contribution in [0.15, 0.2) is 36.4 Å². The Bertz CT molecular complexity index is 623. The van der Waals surface area contributed by atoms with Crippen LogP contribution >= 0.6 is 11.6 Å². The van der Waals surface area contributed by atoms with E-state index >= 15 is 0 Å². The van der Waals surface area contributed by atoms with E-state index in [1.807, 2.05) is 0 Å². The maximum absolute atomic E-state index is 13.2. The molecule has 2 nitrogen and oxygen atoms in total. The van der Waals surface area contributed by atoms with Gasteiger partial charge in [0.05, 0.1) is 5.02 Å². The fourth-order valence-corrected chi connectivity index (χ4v) is 1.98. The number of benzene rings is 2. The molecule has 0 aliphatic rings. The maximum Gasteiger partial charge on any atom is 0.165 e. The van der Waals surface area contributed by atoms with Gasteiger partial charge in [-0.2, -0.15) is 0 Å². The number of phenolic OH excluding ortho intramolecular Hbond substituents is 1. The lowest BCUT2D eigenvalue weighted by molar-refractivity contribution is 0.101. The first-order valence-corrected chi connectivity index (χ1v) is 5.66. The van der Waals surface area contributed by atoms with Crippen molar-refractivity contribution >= 4 is 17.4 Å². The molecule has 0 saturated carbocycles. The van der Waals surface area contributed by atoms with E-state index in [0.717, 1.165) is 0 Å². The molecule has 0 bridgehead atoms. The van der Waals surface area contributed by atoms with Gasteiger partial charge in [0.2, 0.25) is 0 Å². The predicted octanol–water partition coefficient (Wildman–Crippen LogP) is 4.05. The predicted molar refractivity (Wildman–Crippen MR) is 68.5 cm³/mol. The van der Waals surface area contributed by atoms with Gasteiger partial charge in [0.15, 0.2) is 17.3 Å². The molecule has 0 fully saturated rings. The lowest BCUT2D eigenvalue weighted by Crippen LogP contribution is -1.93. The van der Waals surface area contributed by atoms with E-state index in [-0.39, 0.29) is 5.78 Å². The third-order valence-corrected chi connectivity index (χ3v) is 2.94. The molecule has 1 N–H and O–H groups in total. The molecule has 0 heterocycles. The summed E-state index contributed by atoms with van der Waals surface area (Å²) < 4.78 is 13.2. The minimum Gasteiger partial charge on any atom is -0.505 e. The highest BCUT2D eigenvalue weighted by Gasteiger charge is 2.09. The fourth-order valence-electron chi connectivity index (χ4n) is 1.67. The second kappa shape index (κ2) is 4.78. The SMILES string of the molecule is CC(=O)c1ccc(-c2ccc(O)c(F)c2)cc1Cl. The number of hydrogen-bond acceptors (Lipinski definition) is 2. The van der Waals surface area contributed by atoms with E-state index in [9.17, 15) is 9.18 Å². The Balaban J connectivity index is 2.48. The Labute approximate surface area is 109 Å². The summed E-state index contributed by atoms with van der Waals surface area (Å²) in [6.45, 7) is 1.43. The van der Waals surface area contributed by atoms with E-state index in [1.165, 1.54) is 19.1 Å². The number of aromatic hydroxyl groups is 1. The van der Waals surface area contributed by atoms with Crippen molar-refractivity contribution in [3.63, 3.8) is 0 Å². The molecule has 0 radical (unpaired) electrons. The van der Waals surface area contributed by atoms with Crippen LogP contribution in [0.4, 0.5) is 4.39 Å². The first-order chi connectivity index (χ1) is 8.49. The average molecular weight is 265 g/mol. The molecule has 4 heteroatoms. The first kappa shape index (κ1) is 12.6. The van der Waals surface area contributed by atoms with E-state index in [4.69, 9.17) is 16.7 Å². The van der Waals surface area contributed by atoms with Crippen LogP contribution in [0.25, 0.3) is 11.1 Å². The van der Waals surface area contributed by atoms with Gasteiger partial charge in [-0.3, -0.25) is 4.79 Å². The van der Waals surface area contributed by atoms with Gasteiger partial charge in [-0.25, -0.2) is 4.39 Å². The van der Waals surface area contributed by atoms with Crippen LogP contribution in [0.1, 0.15) is 17.3 Å². The van der Waals surface area contributed by atoms with Gasteiger partial charge in [0.25, 0.3) is 0 Å². The van der Waals surface area contributed by atoms with E-state index in [2.05, 4.69) is 0 Å². The van der Waals surface area contributed by atoms with Gasteiger partial charge in [0, 0.05) is 5.56 Å². The van der Waals surface area contributed by atoms with E-state index < -0.39 is 11.6 Å². The molecule has 0 atom stereocenters. The number of hydrogen-bond donors (Lipinski definition) is 1. The number of Topliss-reactive ketones (excluding diaryl/α,β-unsaturated/α-hetero) is 1. The average Bonchev–Trinajstić information content (AvgIpc) is 2.32. The Morgan fingerprint density at radius 3 is 2.33 bits per heavy atom. The van der Waals surface area contributed by atoms with Crippen molar-refractivity contribution in [2.24, 2.45) is 0 Å². The van der Waals surface area contributed by atoms with Crippen LogP contribution in [-0.2, 0) is 0 Å². The standard InChI is InChI=1S/C14H10ClFO2/c1-8(17)11-4-2-9(6-12(11)15)10-3-5-14(18)13(16)7-10/h2-7,18H,1H3. The van der Waals surface area contributed by atoms with Gasteiger partial charge >= 0.3 is 0 Å². The maximum atomic E-state index is 13.2. The highest BCUT2D eigenvalue weighted by Crippen LogP contribution is 2.28. The second-order valence-corrected chi connectivity index (χ2v) is 4.32. The fraction of sp³-hybridized carbons (Fsp3) is 0.0714. The molecule has 2 aromatic rings. The summed E-state index contributed by atoms with van der Waals surface area (Å²) in [5, 5.41) is 9.44. The summed E-state index contributed by atoms with van der Waals surface area (Å²) >= 11 is 5.98. The van der Waals surface area contributed by atoms with Crippen molar-refractivity contribution in [2.75, 3.05) is 0 Å². The molecular formula is C14H10ClFO2. The highest BCUT2D eigenvalue weighted by atomic mass is 35.5. The largest absolute Gasteiger partial charge is 0.505 e. The summed E-state index contributed by atoms with van der Waals surface area (Å²) in [6.07, 6.45) is 0. The minimum absolute atomic E-state index is 0.122. The van der Waals surface area contributed by atoms with Gasteiger partial charge in [0.1, 0.15) is 0 Å². The molecule has 92 valence electrons. The highest BCUT2D eigenvalue weighted by molar-refractivity contribution is 6.34. The molecule has 18 heavy (non-hydrogen) atoms. The summed E-state index contributed by atoms with van der Waals surface area (Å²) in [7, 11) is 0. The third kappa shape index (κ3) is 2.36. The lowest BCUT2D eigenvalue weighted by Gasteiger charge is -2.06. The van der Waals surface area contributed by atoms with Crippen LogP contribution in [0, 0.1) is 5.82 Å². The molecule has 0 spiro atoms. The molecule has 0 aromatic heterocycles. The van der Waals surface area contributed by atoms with Crippen molar-refractivity contribution in [1.82, 2.24) is 0 Å². The number of ketones is 1. The molecule has 0 unspecified atom stereocenters. The zero-order valence-electron chi connectivity index (χ0n) is 9.58. The van der Waals surface area contributed by atoms with Crippen LogP contribution in [0.5, 0.6) is 5.75 Å². The molecule has 0 amide bonds. The van der Waals surface area contributed by atoms with Crippen LogP contribution in [0.3, 0.4) is 0 Å². The van der Waals surface area contributed by atoms with Crippen molar-refractivity contribution in [1.29, 1.82) is 0 Å². The quantitative estimate of drug-likeness (QED) is 0.831. The second-order valence-electron chi connectivity index (χ2n) is 3.92. The van der Waals surface area contributed by atoms with Crippen LogP contribution in [-0.4, -0.2) is 10.9 Å². The van der Waals surface area contributed by atoms with Crippen molar-refractivity contribution in [2.45, 2.75) is 6.92 Å². The Kier molecular flexibility index (Phi) is 3.34. The molecule has 0 saturated heterocycles. The summed E-state index contributed by atoms with van der Waals surface area (Å²) in [4.78, 5) is 11.2. The van der Waals surface area contributed by atoms with Crippen molar-refractivity contribution in [3.8, 4) is 16.9 Å². The van der Waals surface area contributed by atoms with Gasteiger partial charge < -0.3 is 5.11 Å². The Morgan fingerprint density at radius 1 is 1.17 bits per heavy atom. The molecule has 2 aromatic carbocycles. The van der Waals surface area contributed by atoms with E-state index in [0.29, 0.717) is 21.7 Å². The van der Waals surface area contributed by atoms with Crippen molar-refractivity contribution in [3.05, 3.63) is 52.8 Å². The molecule has 0 aliphatic heterocycles. The van der Waals surface area contributed by atoms with Crippen LogP contribution in [0.2, 0.25) is 5.02 Å². The summed E-state index contributed by atoms with van der Waals surface area (Å²) in [5.74, 6) is -1.21. The topological polar surface area (TPSA) is 37.3 Å². The van der Waals surface area contributed by atoms with Gasteiger partial charge in [-0.1, -0.05) is 23.7 Å². The van der Waals surface area contributed by atoms with Gasteiger partial charge in [-0.15, -0.1) is 0 Å². The summed E-state index contributed by atoms with van der Waals surface area (Å²) in [5.41, 5.74) is 1.70. The zero-order valence-corrected chi connectivity index (χ0v) is 10.3. The Morgan fingerprint density at radius 2 is 1.78 bits per heavy atom. The summed E-state index contributed by atoms with van der Waals surface area (Å²) in [6, 6.07) is 8.96. The monoisotopic (exact) mass is 264 g/mol. The molecular weight excluding hydrogens is 255 g/mol. The number of phenols is 1. The van der Waals surface area contributed by atoms with E-state index in [1.54, 1.807) is 24.3 Å². The lowest BCUT2D eigenvalue weighted by atomic mass is 10.0. The number of carbonyl (C=O) groups is 1.